The number of carboxylic acid groups (broad SMARTS) is 1. The Balaban J connectivity index is 1.77. The minimum Gasteiger partial charge on any atom is -0.480 e. The molecule has 0 aromatic heterocycles. The number of likely N-dealkylation sites (N-methyl/N-ethyl adjacent to an activating group) is 1. The van der Waals surface area contributed by atoms with E-state index in [1.165, 1.54) is 0 Å². The molecule has 7 heteroatoms. The Hall–Kier alpha value is -1.96. The summed E-state index contributed by atoms with van der Waals surface area (Å²) in [5, 5.41) is 8.95. The Kier molecular flexibility index (Phi) is 6.69. The summed E-state index contributed by atoms with van der Waals surface area (Å²) in [5.41, 5.74) is 1.66. The standard InChI is InChI=1S/C21H30N2O5/c1-16-5-3-4-6-18(16)21(7-10-27-11-8-21)20(26)23-9-12-28-17(14-23)13-22(2)15-19(24)25/h3-6,17H,7-15H2,1-2H3,(H,24,25). The average molecular weight is 390 g/mol. The van der Waals surface area contributed by atoms with Crippen LogP contribution < -0.4 is 0 Å². The van der Waals surface area contributed by atoms with E-state index in [1.54, 1.807) is 11.9 Å². The summed E-state index contributed by atoms with van der Waals surface area (Å²) in [6, 6.07) is 8.12. The van der Waals surface area contributed by atoms with Crippen molar-refractivity contribution in [2.45, 2.75) is 31.3 Å². The van der Waals surface area contributed by atoms with E-state index in [4.69, 9.17) is 14.6 Å². The van der Waals surface area contributed by atoms with Crippen LogP contribution in [0.1, 0.15) is 24.0 Å². The van der Waals surface area contributed by atoms with Crippen LogP contribution in [0.5, 0.6) is 0 Å². The van der Waals surface area contributed by atoms with E-state index in [-0.39, 0.29) is 18.6 Å². The molecule has 7 nitrogen and oxygen atoms in total. The fourth-order valence-corrected chi connectivity index (χ4v) is 4.39. The zero-order valence-electron chi connectivity index (χ0n) is 16.7. The molecule has 0 saturated carbocycles. The van der Waals surface area contributed by atoms with Gasteiger partial charge < -0.3 is 19.5 Å². The van der Waals surface area contributed by atoms with Gasteiger partial charge in [-0.15, -0.1) is 0 Å². The van der Waals surface area contributed by atoms with Gasteiger partial charge in [0, 0.05) is 32.8 Å². The summed E-state index contributed by atoms with van der Waals surface area (Å²) in [5.74, 6) is -0.730. The van der Waals surface area contributed by atoms with Crippen molar-refractivity contribution in [3.63, 3.8) is 0 Å². The van der Waals surface area contributed by atoms with Gasteiger partial charge in [-0.2, -0.15) is 0 Å². The number of morpholine rings is 1. The van der Waals surface area contributed by atoms with Crippen molar-refractivity contribution >= 4 is 11.9 Å². The van der Waals surface area contributed by atoms with Crippen LogP contribution in [-0.2, 0) is 24.5 Å². The minimum atomic E-state index is -0.869. The van der Waals surface area contributed by atoms with Gasteiger partial charge in [0.05, 0.1) is 24.7 Å². The lowest BCUT2D eigenvalue weighted by molar-refractivity contribution is -0.150. The number of ether oxygens (including phenoxy) is 2. The molecule has 3 rings (SSSR count). The molecule has 154 valence electrons. The Morgan fingerprint density at radius 3 is 2.64 bits per heavy atom. The van der Waals surface area contributed by atoms with Gasteiger partial charge in [-0.3, -0.25) is 14.5 Å². The van der Waals surface area contributed by atoms with Gasteiger partial charge in [-0.25, -0.2) is 0 Å². The molecule has 1 unspecified atom stereocenters. The molecule has 1 amide bonds. The summed E-state index contributed by atoms with van der Waals surface area (Å²) in [7, 11) is 1.76. The van der Waals surface area contributed by atoms with Crippen LogP contribution in [0.2, 0.25) is 0 Å². The molecule has 2 aliphatic heterocycles. The molecule has 2 fully saturated rings. The zero-order chi connectivity index (χ0) is 20.1. The molecule has 1 atom stereocenters. The maximum absolute atomic E-state index is 13.7. The maximum Gasteiger partial charge on any atom is 0.317 e. The lowest BCUT2D eigenvalue weighted by Gasteiger charge is -2.43. The first kappa shape index (κ1) is 20.8. The molecule has 1 aromatic rings. The maximum atomic E-state index is 13.7. The van der Waals surface area contributed by atoms with Crippen molar-refractivity contribution in [3.8, 4) is 0 Å². The lowest BCUT2D eigenvalue weighted by Crippen LogP contribution is -2.56. The van der Waals surface area contributed by atoms with E-state index < -0.39 is 11.4 Å². The van der Waals surface area contributed by atoms with Crippen molar-refractivity contribution in [1.29, 1.82) is 0 Å². The topological polar surface area (TPSA) is 79.3 Å². The molecular formula is C21H30N2O5. The smallest absolute Gasteiger partial charge is 0.317 e. The van der Waals surface area contributed by atoms with Crippen LogP contribution in [0.3, 0.4) is 0 Å². The van der Waals surface area contributed by atoms with Crippen molar-refractivity contribution in [3.05, 3.63) is 35.4 Å². The van der Waals surface area contributed by atoms with E-state index in [0.717, 1.165) is 11.1 Å². The molecule has 0 radical (unpaired) electrons. The normalized spacial score (nSPS) is 22.2. The number of carboxylic acids is 1. The number of hydrogen-bond donors (Lipinski definition) is 1. The number of carbonyl (C=O) groups is 2. The first-order valence-corrected chi connectivity index (χ1v) is 9.87. The summed E-state index contributed by atoms with van der Waals surface area (Å²) in [6.45, 7) is 5.17. The zero-order valence-corrected chi connectivity index (χ0v) is 16.7. The molecule has 28 heavy (non-hydrogen) atoms. The van der Waals surface area contributed by atoms with Crippen LogP contribution in [0.15, 0.2) is 24.3 Å². The number of carbonyl (C=O) groups excluding carboxylic acids is 1. The van der Waals surface area contributed by atoms with Crippen LogP contribution in [0.25, 0.3) is 0 Å². The number of benzene rings is 1. The summed E-state index contributed by atoms with van der Waals surface area (Å²) in [4.78, 5) is 28.3. The molecule has 2 aliphatic rings. The van der Waals surface area contributed by atoms with Crippen LogP contribution in [0, 0.1) is 6.92 Å². The predicted molar refractivity (Wildman–Crippen MR) is 104 cm³/mol. The highest BCUT2D eigenvalue weighted by atomic mass is 16.5. The highest BCUT2D eigenvalue weighted by molar-refractivity contribution is 5.89. The van der Waals surface area contributed by atoms with Gasteiger partial charge >= 0.3 is 5.97 Å². The second-order valence-corrected chi connectivity index (χ2v) is 7.84. The Morgan fingerprint density at radius 1 is 1.25 bits per heavy atom. The SMILES string of the molecule is Cc1ccccc1C1(C(=O)N2CCOC(CN(C)CC(=O)O)C2)CCOCC1. The van der Waals surface area contributed by atoms with Gasteiger partial charge in [-0.05, 0) is 37.9 Å². The quantitative estimate of drug-likeness (QED) is 0.789. The van der Waals surface area contributed by atoms with E-state index in [2.05, 4.69) is 19.1 Å². The third kappa shape index (κ3) is 4.54. The minimum absolute atomic E-state index is 0.0434. The highest BCUT2D eigenvalue weighted by Crippen LogP contribution is 2.38. The molecule has 2 saturated heterocycles. The average Bonchev–Trinajstić information content (AvgIpc) is 2.68. The van der Waals surface area contributed by atoms with Crippen molar-refractivity contribution in [2.75, 3.05) is 53.0 Å². The molecule has 0 aliphatic carbocycles. The van der Waals surface area contributed by atoms with Gasteiger partial charge in [0.2, 0.25) is 5.91 Å². The molecule has 0 bridgehead atoms. The Morgan fingerprint density at radius 2 is 1.96 bits per heavy atom. The van der Waals surface area contributed by atoms with Crippen molar-refractivity contribution in [1.82, 2.24) is 9.80 Å². The number of amides is 1. The van der Waals surface area contributed by atoms with Gasteiger partial charge in [0.25, 0.3) is 0 Å². The summed E-state index contributed by atoms with van der Waals surface area (Å²) >= 11 is 0. The predicted octanol–water partition coefficient (Wildman–Crippen LogP) is 1.29. The largest absolute Gasteiger partial charge is 0.480 e. The first-order chi connectivity index (χ1) is 13.4. The monoisotopic (exact) mass is 390 g/mol. The van der Waals surface area contributed by atoms with Gasteiger partial charge in [-0.1, -0.05) is 24.3 Å². The number of hydrogen-bond acceptors (Lipinski definition) is 5. The van der Waals surface area contributed by atoms with E-state index in [0.29, 0.717) is 52.3 Å². The van der Waals surface area contributed by atoms with E-state index in [9.17, 15) is 9.59 Å². The number of aryl methyl sites for hydroxylation is 1. The number of nitrogens with zero attached hydrogens (tertiary/aromatic N) is 2. The second kappa shape index (κ2) is 9.03. The molecule has 2 heterocycles. The second-order valence-electron chi connectivity index (χ2n) is 7.84. The first-order valence-electron chi connectivity index (χ1n) is 9.87. The van der Waals surface area contributed by atoms with E-state index in [1.807, 2.05) is 17.0 Å². The number of rotatable bonds is 6. The van der Waals surface area contributed by atoms with Gasteiger partial charge in [0.15, 0.2) is 0 Å². The molecule has 0 spiro atoms. The van der Waals surface area contributed by atoms with Crippen LogP contribution in [0.4, 0.5) is 0 Å². The summed E-state index contributed by atoms with van der Waals surface area (Å²) in [6.07, 6.45) is 1.17. The Labute approximate surface area is 166 Å². The molecule has 1 aromatic carbocycles. The van der Waals surface area contributed by atoms with Crippen LogP contribution in [-0.4, -0.2) is 85.9 Å². The third-order valence-corrected chi connectivity index (χ3v) is 5.76. The molecule has 1 N–H and O–H groups in total. The third-order valence-electron chi connectivity index (χ3n) is 5.76. The van der Waals surface area contributed by atoms with E-state index >= 15 is 0 Å². The summed E-state index contributed by atoms with van der Waals surface area (Å²) < 4.78 is 11.4. The van der Waals surface area contributed by atoms with Gasteiger partial charge in [0.1, 0.15) is 0 Å². The van der Waals surface area contributed by atoms with Crippen molar-refractivity contribution < 1.29 is 24.2 Å². The number of aliphatic carboxylic acids is 1. The van der Waals surface area contributed by atoms with Crippen LogP contribution >= 0.6 is 0 Å². The molecular weight excluding hydrogens is 360 g/mol. The lowest BCUT2D eigenvalue weighted by atomic mass is 9.71. The fourth-order valence-electron chi connectivity index (χ4n) is 4.39. The fraction of sp³-hybridized carbons (Fsp3) is 0.619. The highest BCUT2D eigenvalue weighted by Gasteiger charge is 2.45. The Bertz CT molecular complexity index is 702. The van der Waals surface area contributed by atoms with Crippen molar-refractivity contribution in [2.24, 2.45) is 0 Å².